The van der Waals surface area contributed by atoms with Crippen LogP contribution in [0.15, 0.2) is 48.5 Å². The van der Waals surface area contributed by atoms with Gasteiger partial charge in [0, 0.05) is 11.1 Å². The van der Waals surface area contributed by atoms with E-state index in [2.05, 4.69) is 6.92 Å². The molecule has 0 heterocycles. The van der Waals surface area contributed by atoms with Crippen LogP contribution in [0.4, 0.5) is 4.39 Å². The summed E-state index contributed by atoms with van der Waals surface area (Å²) in [5.74, 6) is -0.0819. The Kier molecular flexibility index (Phi) is 4.56. The van der Waals surface area contributed by atoms with Gasteiger partial charge >= 0.3 is 0 Å². The second-order valence-electron chi connectivity index (χ2n) is 4.85. The monoisotopic (exact) mass is 277 g/mol. The average Bonchev–Trinajstić information content (AvgIpc) is 2.43. The molecule has 3 heteroatoms. The minimum Gasteiger partial charge on any atom is -0.324 e. The molecule has 0 saturated heterocycles. The first-order valence-corrected chi connectivity index (χ1v) is 6.70. The van der Waals surface area contributed by atoms with E-state index in [9.17, 15) is 4.39 Å². The van der Waals surface area contributed by atoms with Gasteiger partial charge in [-0.15, -0.1) is 0 Å². The summed E-state index contributed by atoms with van der Waals surface area (Å²) in [7, 11) is 0. The number of rotatable bonds is 4. The van der Waals surface area contributed by atoms with Crippen LogP contribution in [0.3, 0.4) is 0 Å². The number of hydrogen-bond acceptors (Lipinski definition) is 1. The molecule has 2 aromatic rings. The SMILES string of the molecule is CC(Cc1cc(F)ccc1Cl)C(N)c1ccccc1. The molecular weight excluding hydrogens is 261 g/mol. The molecule has 19 heavy (non-hydrogen) atoms. The first kappa shape index (κ1) is 14.0. The van der Waals surface area contributed by atoms with Gasteiger partial charge in [0.25, 0.3) is 0 Å². The highest BCUT2D eigenvalue weighted by atomic mass is 35.5. The van der Waals surface area contributed by atoms with Gasteiger partial charge in [0.2, 0.25) is 0 Å². The number of nitrogens with two attached hydrogens (primary N) is 1. The Bertz CT molecular complexity index is 542. The van der Waals surface area contributed by atoms with Gasteiger partial charge in [0.05, 0.1) is 0 Å². The maximum atomic E-state index is 13.2. The van der Waals surface area contributed by atoms with Gasteiger partial charge in [0.1, 0.15) is 5.82 Å². The van der Waals surface area contributed by atoms with Crippen molar-refractivity contribution in [3.63, 3.8) is 0 Å². The van der Waals surface area contributed by atoms with E-state index in [4.69, 9.17) is 17.3 Å². The Hall–Kier alpha value is -1.38. The molecule has 1 nitrogen and oxygen atoms in total. The van der Waals surface area contributed by atoms with Crippen molar-refractivity contribution in [3.8, 4) is 0 Å². The molecule has 2 N–H and O–H groups in total. The van der Waals surface area contributed by atoms with E-state index < -0.39 is 0 Å². The molecule has 2 aromatic carbocycles. The molecule has 0 aliphatic rings. The predicted octanol–water partition coefficient (Wildman–Crippen LogP) is 4.36. The molecule has 0 bridgehead atoms. The van der Waals surface area contributed by atoms with E-state index in [1.165, 1.54) is 12.1 Å². The predicted molar refractivity (Wildman–Crippen MR) is 77.6 cm³/mol. The molecule has 0 radical (unpaired) electrons. The molecule has 0 amide bonds. The van der Waals surface area contributed by atoms with Crippen molar-refractivity contribution >= 4 is 11.6 Å². The molecule has 0 aliphatic heterocycles. The lowest BCUT2D eigenvalue weighted by molar-refractivity contribution is 0.467. The highest BCUT2D eigenvalue weighted by molar-refractivity contribution is 6.31. The Labute approximate surface area is 118 Å². The zero-order valence-electron chi connectivity index (χ0n) is 10.8. The molecular formula is C16H17ClFN. The van der Waals surface area contributed by atoms with Gasteiger partial charge in [0.15, 0.2) is 0 Å². The van der Waals surface area contributed by atoms with Gasteiger partial charge in [-0.05, 0) is 41.7 Å². The third-order valence-corrected chi connectivity index (χ3v) is 3.72. The first-order valence-electron chi connectivity index (χ1n) is 6.32. The molecule has 0 fully saturated rings. The van der Waals surface area contributed by atoms with Crippen LogP contribution in [0.2, 0.25) is 5.02 Å². The smallest absolute Gasteiger partial charge is 0.123 e. The van der Waals surface area contributed by atoms with Gasteiger partial charge < -0.3 is 5.73 Å². The average molecular weight is 278 g/mol. The highest BCUT2D eigenvalue weighted by Crippen LogP contribution is 2.26. The van der Waals surface area contributed by atoms with E-state index in [-0.39, 0.29) is 17.8 Å². The zero-order valence-corrected chi connectivity index (χ0v) is 11.6. The fraction of sp³-hybridized carbons (Fsp3) is 0.250. The summed E-state index contributed by atoms with van der Waals surface area (Å²) in [6.07, 6.45) is 0.659. The first-order chi connectivity index (χ1) is 9.08. The van der Waals surface area contributed by atoms with Crippen LogP contribution < -0.4 is 5.73 Å². The molecule has 2 unspecified atom stereocenters. The van der Waals surface area contributed by atoms with Crippen molar-refractivity contribution in [3.05, 3.63) is 70.5 Å². The summed E-state index contributed by atoms with van der Waals surface area (Å²) in [5, 5.41) is 0.591. The van der Waals surface area contributed by atoms with E-state index >= 15 is 0 Å². The van der Waals surface area contributed by atoms with Gasteiger partial charge in [-0.3, -0.25) is 0 Å². The summed E-state index contributed by atoms with van der Waals surface area (Å²) in [6, 6.07) is 14.3. The van der Waals surface area contributed by atoms with Crippen molar-refractivity contribution in [2.24, 2.45) is 11.7 Å². The van der Waals surface area contributed by atoms with Crippen LogP contribution in [0, 0.1) is 11.7 Å². The summed E-state index contributed by atoms with van der Waals surface area (Å²) in [5.41, 5.74) is 8.13. The molecule has 0 aliphatic carbocycles. The van der Waals surface area contributed by atoms with Crippen molar-refractivity contribution < 1.29 is 4.39 Å². The molecule has 0 aromatic heterocycles. The number of hydrogen-bond donors (Lipinski definition) is 1. The van der Waals surface area contributed by atoms with Gasteiger partial charge in [-0.1, -0.05) is 48.9 Å². The van der Waals surface area contributed by atoms with Crippen molar-refractivity contribution in [1.29, 1.82) is 0 Å². The summed E-state index contributed by atoms with van der Waals surface area (Å²) in [4.78, 5) is 0. The Morgan fingerprint density at radius 1 is 1.16 bits per heavy atom. The fourth-order valence-electron chi connectivity index (χ4n) is 2.18. The van der Waals surface area contributed by atoms with Crippen molar-refractivity contribution in [1.82, 2.24) is 0 Å². The normalized spacial score (nSPS) is 14.1. The Morgan fingerprint density at radius 3 is 2.53 bits per heavy atom. The number of benzene rings is 2. The lowest BCUT2D eigenvalue weighted by atomic mass is 9.90. The van der Waals surface area contributed by atoms with E-state index in [1.54, 1.807) is 6.07 Å². The van der Waals surface area contributed by atoms with Crippen LogP contribution in [0.1, 0.15) is 24.1 Å². The Morgan fingerprint density at radius 2 is 1.84 bits per heavy atom. The van der Waals surface area contributed by atoms with Crippen molar-refractivity contribution in [2.75, 3.05) is 0 Å². The molecule has 2 atom stereocenters. The van der Waals surface area contributed by atoms with Gasteiger partial charge in [-0.25, -0.2) is 4.39 Å². The van der Waals surface area contributed by atoms with E-state index in [0.29, 0.717) is 11.4 Å². The van der Waals surface area contributed by atoms with E-state index in [1.807, 2.05) is 30.3 Å². The maximum Gasteiger partial charge on any atom is 0.123 e. The summed E-state index contributed by atoms with van der Waals surface area (Å²) < 4.78 is 13.2. The quantitative estimate of drug-likeness (QED) is 0.883. The van der Waals surface area contributed by atoms with Crippen LogP contribution >= 0.6 is 11.6 Å². The summed E-state index contributed by atoms with van der Waals surface area (Å²) in [6.45, 7) is 2.05. The second kappa shape index (κ2) is 6.18. The lowest BCUT2D eigenvalue weighted by Gasteiger charge is -2.21. The third kappa shape index (κ3) is 3.55. The maximum absolute atomic E-state index is 13.2. The largest absolute Gasteiger partial charge is 0.324 e. The fourth-order valence-corrected chi connectivity index (χ4v) is 2.37. The van der Waals surface area contributed by atoms with Gasteiger partial charge in [-0.2, -0.15) is 0 Å². The highest BCUT2D eigenvalue weighted by Gasteiger charge is 2.16. The van der Waals surface area contributed by atoms with Crippen LogP contribution in [-0.4, -0.2) is 0 Å². The second-order valence-corrected chi connectivity index (χ2v) is 5.26. The summed E-state index contributed by atoms with van der Waals surface area (Å²) >= 11 is 6.08. The van der Waals surface area contributed by atoms with Crippen molar-refractivity contribution in [2.45, 2.75) is 19.4 Å². The van der Waals surface area contributed by atoms with Crippen LogP contribution in [0.5, 0.6) is 0 Å². The topological polar surface area (TPSA) is 26.0 Å². The van der Waals surface area contributed by atoms with E-state index in [0.717, 1.165) is 11.1 Å². The number of halogens is 2. The lowest BCUT2D eigenvalue weighted by Crippen LogP contribution is -2.21. The van der Waals surface area contributed by atoms with Crippen LogP contribution in [0.25, 0.3) is 0 Å². The standard InChI is InChI=1S/C16H17ClFN/c1-11(16(19)12-5-3-2-4-6-12)9-13-10-14(18)7-8-15(13)17/h2-8,10-11,16H,9,19H2,1H3. The molecule has 2 rings (SSSR count). The molecule has 100 valence electrons. The zero-order chi connectivity index (χ0) is 13.8. The van der Waals surface area contributed by atoms with Crippen LogP contribution in [-0.2, 0) is 6.42 Å². The molecule has 0 spiro atoms. The molecule has 0 saturated carbocycles. The third-order valence-electron chi connectivity index (χ3n) is 3.35. The minimum atomic E-state index is -0.264. The minimum absolute atomic E-state index is 0.0828. The Balaban J connectivity index is 2.12.